The standard InChI is InChI=1S/C16H12N2O3/c19-11-17-9-13-1-5-15(6-2-13)21-16-7-3-14(4-8-16)10-18-12-20/h1-8H,9-10H2. The SMILES string of the molecule is O=C=NCc1ccc(Oc2ccc(CN=C=O)cc2)cc1. The van der Waals surface area contributed by atoms with Crippen LogP contribution in [0.15, 0.2) is 58.5 Å². The lowest BCUT2D eigenvalue weighted by Gasteiger charge is -2.06. The van der Waals surface area contributed by atoms with Crippen molar-refractivity contribution in [3.8, 4) is 11.5 Å². The van der Waals surface area contributed by atoms with Crippen LogP contribution in [-0.4, -0.2) is 12.2 Å². The Morgan fingerprint density at radius 3 is 1.43 bits per heavy atom. The van der Waals surface area contributed by atoms with Crippen LogP contribution >= 0.6 is 0 Å². The van der Waals surface area contributed by atoms with Gasteiger partial charge in [-0.05, 0) is 35.4 Å². The first-order valence-corrected chi connectivity index (χ1v) is 6.25. The van der Waals surface area contributed by atoms with Gasteiger partial charge in [0.15, 0.2) is 0 Å². The molecule has 2 aromatic carbocycles. The fourth-order valence-electron chi connectivity index (χ4n) is 1.71. The third-order valence-electron chi connectivity index (χ3n) is 2.73. The predicted octanol–water partition coefficient (Wildman–Crippen LogP) is 3.15. The zero-order chi connectivity index (χ0) is 14.9. The zero-order valence-electron chi connectivity index (χ0n) is 11.2. The molecule has 0 saturated carbocycles. The highest BCUT2D eigenvalue weighted by Gasteiger charge is 1.99. The number of nitrogens with zero attached hydrogens (tertiary/aromatic N) is 2. The van der Waals surface area contributed by atoms with Gasteiger partial charge in [0.25, 0.3) is 0 Å². The maximum Gasteiger partial charge on any atom is 0.235 e. The first kappa shape index (κ1) is 14.4. The van der Waals surface area contributed by atoms with Crippen LogP contribution in [0.1, 0.15) is 11.1 Å². The Bertz CT molecular complexity index is 619. The first-order valence-electron chi connectivity index (χ1n) is 6.25. The summed E-state index contributed by atoms with van der Waals surface area (Å²) in [4.78, 5) is 27.1. The molecule has 2 aromatic rings. The van der Waals surface area contributed by atoms with Gasteiger partial charge in [-0.15, -0.1) is 0 Å². The molecule has 2 rings (SSSR count). The Balaban J connectivity index is 2.00. The van der Waals surface area contributed by atoms with E-state index in [9.17, 15) is 9.59 Å². The second-order valence-electron chi connectivity index (χ2n) is 4.20. The summed E-state index contributed by atoms with van der Waals surface area (Å²) in [6.07, 6.45) is 3.00. The molecule has 0 atom stereocenters. The van der Waals surface area contributed by atoms with Gasteiger partial charge >= 0.3 is 0 Å². The van der Waals surface area contributed by atoms with Crippen LogP contribution in [0.25, 0.3) is 0 Å². The quantitative estimate of drug-likeness (QED) is 0.603. The fourth-order valence-corrected chi connectivity index (χ4v) is 1.71. The normalized spacial score (nSPS) is 9.33. The zero-order valence-corrected chi connectivity index (χ0v) is 11.2. The van der Waals surface area contributed by atoms with E-state index in [2.05, 4.69) is 9.98 Å². The monoisotopic (exact) mass is 280 g/mol. The van der Waals surface area contributed by atoms with E-state index in [0.717, 1.165) is 11.1 Å². The number of hydrogen-bond acceptors (Lipinski definition) is 5. The number of isocyanates is 2. The summed E-state index contributed by atoms with van der Waals surface area (Å²) in [5.74, 6) is 1.37. The summed E-state index contributed by atoms with van der Waals surface area (Å²) in [7, 11) is 0. The smallest absolute Gasteiger partial charge is 0.235 e. The van der Waals surface area contributed by atoms with E-state index >= 15 is 0 Å². The van der Waals surface area contributed by atoms with Gasteiger partial charge in [0.1, 0.15) is 11.5 Å². The largest absolute Gasteiger partial charge is 0.457 e. The summed E-state index contributed by atoms with van der Waals surface area (Å²) in [5.41, 5.74) is 1.82. The molecule has 0 fully saturated rings. The lowest BCUT2D eigenvalue weighted by molar-refractivity contribution is 0.482. The Morgan fingerprint density at radius 2 is 1.10 bits per heavy atom. The minimum absolute atomic E-state index is 0.315. The molecular formula is C16H12N2O3. The van der Waals surface area contributed by atoms with Gasteiger partial charge in [-0.2, -0.15) is 0 Å². The second-order valence-corrected chi connectivity index (χ2v) is 4.20. The number of ether oxygens (including phenoxy) is 1. The molecule has 5 nitrogen and oxygen atoms in total. The Kier molecular flexibility index (Phi) is 5.18. The highest BCUT2D eigenvalue weighted by Crippen LogP contribution is 2.22. The summed E-state index contributed by atoms with van der Waals surface area (Å²) in [5, 5.41) is 0. The van der Waals surface area contributed by atoms with Crippen molar-refractivity contribution >= 4 is 12.2 Å². The molecule has 21 heavy (non-hydrogen) atoms. The Hall–Kier alpha value is -3.00. The maximum atomic E-state index is 10.0. The molecule has 0 heterocycles. The first-order chi connectivity index (χ1) is 10.3. The highest BCUT2D eigenvalue weighted by molar-refractivity contribution is 5.37. The molecule has 5 heteroatoms. The number of rotatable bonds is 6. The van der Waals surface area contributed by atoms with Crippen LogP contribution in [-0.2, 0) is 22.7 Å². The molecule has 0 spiro atoms. The average molecular weight is 280 g/mol. The predicted molar refractivity (Wildman–Crippen MR) is 76.6 cm³/mol. The van der Waals surface area contributed by atoms with Crippen molar-refractivity contribution in [2.24, 2.45) is 9.98 Å². The average Bonchev–Trinajstić information content (AvgIpc) is 2.53. The number of hydrogen-bond donors (Lipinski definition) is 0. The molecule has 104 valence electrons. The summed E-state index contributed by atoms with van der Waals surface area (Å²) in [6, 6.07) is 14.6. The Morgan fingerprint density at radius 1 is 0.714 bits per heavy atom. The third kappa shape index (κ3) is 4.55. The molecule has 0 N–H and O–H groups in total. The lowest BCUT2D eigenvalue weighted by Crippen LogP contribution is -1.87. The van der Waals surface area contributed by atoms with Crippen LogP contribution in [0.4, 0.5) is 0 Å². The van der Waals surface area contributed by atoms with Crippen molar-refractivity contribution < 1.29 is 14.3 Å². The molecule has 0 radical (unpaired) electrons. The van der Waals surface area contributed by atoms with E-state index in [1.165, 1.54) is 12.2 Å². The van der Waals surface area contributed by atoms with Gasteiger partial charge in [-0.1, -0.05) is 24.3 Å². The fraction of sp³-hybridized carbons (Fsp3) is 0.125. The van der Waals surface area contributed by atoms with E-state index in [-0.39, 0.29) is 0 Å². The lowest BCUT2D eigenvalue weighted by atomic mass is 10.2. The number of benzene rings is 2. The molecule has 0 aliphatic heterocycles. The molecule has 0 aliphatic rings. The van der Waals surface area contributed by atoms with Crippen molar-refractivity contribution in [3.63, 3.8) is 0 Å². The van der Waals surface area contributed by atoms with Gasteiger partial charge in [-0.3, -0.25) is 0 Å². The summed E-state index contributed by atoms with van der Waals surface area (Å²) in [6.45, 7) is 0.630. The van der Waals surface area contributed by atoms with E-state index in [1.807, 2.05) is 24.3 Å². The molecule has 0 aliphatic carbocycles. The van der Waals surface area contributed by atoms with Crippen LogP contribution in [0.5, 0.6) is 11.5 Å². The molecule has 0 saturated heterocycles. The van der Waals surface area contributed by atoms with Crippen molar-refractivity contribution in [2.45, 2.75) is 13.1 Å². The molecule has 0 bridgehead atoms. The summed E-state index contributed by atoms with van der Waals surface area (Å²) >= 11 is 0. The van der Waals surface area contributed by atoms with Crippen LogP contribution in [0, 0.1) is 0 Å². The van der Waals surface area contributed by atoms with Crippen molar-refractivity contribution in [1.82, 2.24) is 0 Å². The molecule has 0 unspecified atom stereocenters. The highest BCUT2D eigenvalue weighted by atomic mass is 16.5. The van der Waals surface area contributed by atoms with Crippen LogP contribution in [0.2, 0.25) is 0 Å². The number of carbonyl (C=O) groups excluding carboxylic acids is 2. The number of aliphatic imine (C=N–C) groups is 2. The minimum atomic E-state index is 0.315. The van der Waals surface area contributed by atoms with Gasteiger partial charge in [-0.25, -0.2) is 19.6 Å². The van der Waals surface area contributed by atoms with Crippen molar-refractivity contribution in [3.05, 3.63) is 59.7 Å². The topological polar surface area (TPSA) is 68.1 Å². The van der Waals surface area contributed by atoms with Gasteiger partial charge in [0, 0.05) is 0 Å². The van der Waals surface area contributed by atoms with Gasteiger partial charge in [0.05, 0.1) is 13.1 Å². The molecule has 0 aromatic heterocycles. The van der Waals surface area contributed by atoms with Crippen LogP contribution in [0.3, 0.4) is 0 Å². The van der Waals surface area contributed by atoms with E-state index < -0.39 is 0 Å². The maximum absolute atomic E-state index is 10.0. The van der Waals surface area contributed by atoms with Crippen LogP contribution < -0.4 is 4.74 Å². The third-order valence-corrected chi connectivity index (χ3v) is 2.73. The molecular weight excluding hydrogens is 268 g/mol. The van der Waals surface area contributed by atoms with Crippen molar-refractivity contribution in [2.75, 3.05) is 0 Å². The minimum Gasteiger partial charge on any atom is -0.457 e. The second kappa shape index (κ2) is 7.56. The van der Waals surface area contributed by atoms with E-state index in [4.69, 9.17) is 4.74 Å². The summed E-state index contributed by atoms with van der Waals surface area (Å²) < 4.78 is 5.68. The van der Waals surface area contributed by atoms with Crippen molar-refractivity contribution in [1.29, 1.82) is 0 Å². The van der Waals surface area contributed by atoms with Gasteiger partial charge in [0.2, 0.25) is 12.2 Å². The van der Waals surface area contributed by atoms with E-state index in [0.29, 0.717) is 24.6 Å². The van der Waals surface area contributed by atoms with Gasteiger partial charge < -0.3 is 4.74 Å². The Labute approximate surface area is 121 Å². The van der Waals surface area contributed by atoms with E-state index in [1.54, 1.807) is 24.3 Å². The molecule has 0 amide bonds.